The lowest BCUT2D eigenvalue weighted by Gasteiger charge is -2.36. The van der Waals surface area contributed by atoms with Crippen molar-refractivity contribution < 1.29 is 14.4 Å². The number of nitrogens with zero attached hydrogens (tertiary/aromatic N) is 2. The normalized spacial score (nSPS) is 18.8. The van der Waals surface area contributed by atoms with E-state index in [0.29, 0.717) is 32.7 Å². The maximum Gasteiger partial charge on any atom is 0.237 e. The Bertz CT molecular complexity index is 506. The third-order valence-electron chi connectivity index (χ3n) is 4.97. The van der Waals surface area contributed by atoms with Crippen molar-refractivity contribution in [2.75, 3.05) is 32.7 Å². The summed E-state index contributed by atoms with van der Waals surface area (Å²) >= 11 is 0. The summed E-state index contributed by atoms with van der Waals surface area (Å²) in [6, 6.07) is 0. The molecule has 1 aliphatic carbocycles. The van der Waals surface area contributed by atoms with Crippen LogP contribution in [0.15, 0.2) is 11.6 Å². The van der Waals surface area contributed by atoms with Crippen molar-refractivity contribution in [2.24, 2.45) is 5.41 Å². The summed E-state index contributed by atoms with van der Waals surface area (Å²) in [6.45, 7) is 5.97. The van der Waals surface area contributed by atoms with Gasteiger partial charge >= 0.3 is 0 Å². The van der Waals surface area contributed by atoms with Gasteiger partial charge in [0.25, 0.3) is 0 Å². The molecule has 1 aliphatic heterocycles. The summed E-state index contributed by atoms with van der Waals surface area (Å²) in [5, 5.41) is 2.92. The van der Waals surface area contributed by atoms with E-state index in [1.807, 2.05) is 0 Å². The zero-order valence-electron chi connectivity index (χ0n) is 14.8. The highest BCUT2D eigenvalue weighted by Gasteiger charge is 2.39. The van der Waals surface area contributed by atoms with E-state index in [9.17, 15) is 14.4 Å². The van der Waals surface area contributed by atoms with E-state index >= 15 is 0 Å². The molecule has 2 rings (SSSR count). The molecule has 0 bridgehead atoms. The van der Waals surface area contributed by atoms with Crippen molar-refractivity contribution in [1.29, 1.82) is 0 Å². The number of carbonyl (C=O) groups is 3. The van der Waals surface area contributed by atoms with Crippen LogP contribution in [-0.4, -0.2) is 60.7 Å². The summed E-state index contributed by atoms with van der Waals surface area (Å²) in [7, 11) is 0. The summed E-state index contributed by atoms with van der Waals surface area (Å²) in [6.07, 6.45) is 8.70. The van der Waals surface area contributed by atoms with Gasteiger partial charge in [-0.3, -0.25) is 14.4 Å². The van der Waals surface area contributed by atoms with E-state index in [-0.39, 0.29) is 11.8 Å². The Morgan fingerprint density at radius 2 is 1.92 bits per heavy atom. The minimum Gasteiger partial charge on any atom is -0.355 e. The molecule has 1 N–H and O–H groups in total. The van der Waals surface area contributed by atoms with Crippen molar-refractivity contribution in [1.82, 2.24) is 15.1 Å². The number of nitrogens with one attached hydrogen (secondary N) is 1. The number of rotatable bonds is 6. The molecule has 0 spiro atoms. The molecule has 0 radical (unpaired) electrons. The van der Waals surface area contributed by atoms with Crippen LogP contribution in [0.2, 0.25) is 0 Å². The average molecular weight is 335 g/mol. The number of piperazine rings is 1. The summed E-state index contributed by atoms with van der Waals surface area (Å²) in [5.41, 5.74) is 0.334. The highest BCUT2D eigenvalue weighted by atomic mass is 16.2. The largest absolute Gasteiger partial charge is 0.355 e. The van der Waals surface area contributed by atoms with Gasteiger partial charge in [-0.2, -0.15) is 0 Å². The highest BCUT2D eigenvalue weighted by molar-refractivity contribution is 6.04. The first-order chi connectivity index (χ1) is 11.4. The van der Waals surface area contributed by atoms with Gasteiger partial charge in [0, 0.05) is 32.7 Å². The van der Waals surface area contributed by atoms with Crippen LogP contribution in [-0.2, 0) is 14.4 Å². The van der Waals surface area contributed by atoms with Crippen LogP contribution in [0.4, 0.5) is 0 Å². The Labute approximate surface area is 144 Å². The van der Waals surface area contributed by atoms with Gasteiger partial charge in [0.1, 0.15) is 5.41 Å². The van der Waals surface area contributed by atoms with E-state index in [1.165, 1.54) is 18.4 Å². The first-order valence-electron chi connectivity index (χ1n) is 8.90. The monoisotopic (exact) mass is 335 g/mol. The van der Waals surface area contributed by atoms with Gasteiger partial charge in [-0.1, -0.05) is 11.6 Å². The quantitative estimate of drug-likeness (QED) is 0.452. The number of amides is 3. The van der Waals surface area contributed by atoms with Crippen LogP contribution in [0.25, 0.3) is 0 Å². The molecule has 1 heterocycles. The lowest BCUT2D eigenvalue weighted by Crippen LogP contribution is -2.55. The van der Waals surface area contributed by atoms with E-state index < -0.39 is 5.41 Å². The number of hydrogen-bond donors (Lipinski definition) is 1. The lowest BCUT2D eigenvalue weighted by atomic mass is 9.89. The average Bonchev–Trinajstić information content (AvgIpc) is 2.62. The second-order valence-electron chi connectivity index (χ2n) is 7.17. The molecule has 6 heteroatoms. The fourth-order valence-electron chi connectivity index (χ4n) is 3.21. The SMILES string of the molecule is CC(C)(C(=O)NCCC1=CCCCC1)C(=O)N1CCN(C=O)CC1. The third kappa shape index (κ3) is 4.58. The van der Waals surface area contributed by atoms with Crippen molar-refractivity contribution >= 4 is 18.2 Å². The van der Waals surface area contributed by atoms with Crippen molar-refractivity contribution in [3.8, 4) is 0 Å². The molecule has 0 unspecified atom stereocenters. The molecule has 6 nitrogen and oxygen atoms in total. The van der Waals surface area contributed by atoms with Crippen LogP contribution in [0, 0.1) is 5.41 Å². The molecule has 3 amide bonds. The molecule has 0 aromatic heterocycles. The van der Waals surface area contributed by atoms with Crippen LogP contribution >= 0.6 is 0 Å². The first kappa shape index (κ1) is 18.5. The summed E-state index contributed by atoms with van der Waals surface area (Å²) < 4.78 is 0. The van der Waals surface area contributed by atoms with Crippen molar-refractivity contribution in [3.63, 3.8) is 0 Å². The fraction of sp³-hybridized carbons (Fsp3) is 0.722. The highest BCUT2D eigenvalue weighted by Crippen LogP contribution is 2.22. The van der Waals surface area contributed by atoms with Gasteiger partial charge in [0.2, 0.25) is 18.2 Å². The van der Waals surface area contributed by atoms with E-state index in [4.69, 9.17) is 0 Å². The topological polar surface area (TPSA) is 69.7 Å². The maximum atomic E-state index is 12.7. The van der Waals surface area contributed by atoms with E-state index in [1.54, 1.807) is 23.6 Å². The Morgan fingerprint density at radius 1 is 1.21 bits per heavy atom. The molecule has 0 aromatic rings. The molecule has 0 atom stereocenters. The predicted molar refractivity (Wildman–Crippen MR) is 92.2 cm³/mol. The van der Waals surface area contributed by atoms with Crippen LogP contribution < -0.4 is 5.32 Å². The zero-order chi connectivity index (χ0) is 17.6. The Morgan fingerprint density at radius 3 is 2.50 bits per heavy atom. The predicted octanol–water partition coefficient (Wildman–Crippen LogP) is 1.32. The minimum atomic E-state index is -1.08. The first-order valence-corrected chi connectivity index (χ1v) is 8.90. The Hall–Kier alpha value is -1.85. The molecule has 2 aliphatic rings. The second-order valence-corrected chi connectivity index (χ2v) is 7.17. The molecule has 0 saturated carbocycles. The van der Waals surface area contributed by atoms with Gasteiger partial charge < -0.3 is 15.1 Å². The van der Waals surface area contributed by atoms with Crippen molar-refractivity contribution in [2.45, 2.75) is 46.0 Å². The van der Waals surface area contributed by atoms with Crippen molar-refractivity contribution in [3.05, 3.63) is 11.6 Å². The van der Waals surface area contributed by atoms with Crippen LogP contribution in [0.1, 0.15) is 46.0 Å². The number of allylic oxidation sites excluding steroid dienone is 1. The summed E-state index contributed by atoms with van der Waals surface area (Å²) in [4.78, 5) is 39.2. The Kier molecular flexibility index (Phi) is 6.40. The van der Waals surface area contributed by atoms with Gasteiger partial charge in [-0.25, -0.2) is 0 Å². The standard InChI is InChI=1S/C18H29N3O3/c1-18(2,17(24)21-12-10-20(14-22)11-13-21)16(23)19-9-8-15-6-4-3-5-7-15/h6,14H,3-5,7-13H2,1-2H3,(H,19,23). The number of hydrogen-bond acceptors (Lipinski definition) is 3. The fourth-order valence-corrected chi connectivity index (χ4v) is 3.21. The lowest BCUT2D eigenvalue weighted by molar-refractivity contribution is -0.150. The van der Waals surface area contributed by atoms with Crippen LogP contribution in [0.5, 0.6) is 0 Å². The minimum absolute atomic E-state index is 0.164. The number of carbonyl (C=O) groups excluding carboxylic acids is 3. The molecule has 1 fully saturated rings. The van der Waals surface area contributed by atoms with E-state index in [2.05, 4.69) is 11.4 Å². The van der Waals surface area contributed by atoms with E-state index in [0.717, 1.165) is 25.7 Å². The molecule has 24 heavy (non-hydrogen) atoms. The molecule has 134 valence electrons. The summed E-state index contributed by atoms with van der Waals surface area (Å²) in [5.74, 6) is -0.385. The zero-order valence-corrected chi connectivity index (χ0v) is 14.8. The second kappa shape index (κ2) is 8.31. The molecular weight excluding hydrogens is 306 g/mol. The van der Waals surface area contributed by atoms with Gasteiger partial charge in [-0.05, 0) is 46.0 Å². The van der Waals surface area contributed by atoms with Gasteiger partial charge in [-0.15, -0.1) is 0 Å². The van der Waals surface area contributed by atoms with Crippen LogP contribution in [0.3, 0.4) is 0 Å². The third-order valence-corrected chi connectivity index (χ3v) is 4.97. The van der Waals surface area contributed by atoms with Gasteiger partial charge in [0.15, 0.2) is 0 Å². The molecule has 1 saturated heterocycles. The maximum absolute atomic E-state index is 12.7. The smallest absolute Gasteiger partial charge is 0.237 e. The molecular formula is C18H29N3O3. The van der Waals surface area contributed by atoms with Gasteiger partial charge in [0.05, 0.1) is 0 Å². The molecule has 0 aromatic carbocycles. The Balaban J connectivity index is 1.81.